The van der Waals surface area contributed by atoms with Gasteiger partial charge in [-0.05, 0) is 62.4 Å². The van der Waals surface area contributed by atoms with Crippen molar-refractivity contribution >= 4 is 5.91 Å². The summed E-state index contributed by atoms with van der Waals surface area (Å²) in [6, 6.07) is 10.7. The number of aryl methyl sites for hydroxylation is 1. The van der Waals surface area contributed by atoms with Gasteiger partial charge >= 0.3 is 0 Å². The van der Waals surface area contributed by atoms with Crippen LogP contribution in [0.5, 0.6) is 17.2 Å². The maximum absolute atomic E-state index is 13.0. The molecule has 2 fully saturated rings. The fourth-order valence-corrected chi connectivity index (χ4v) is 7.36. The Kier molecular flexibility index (Phi) is 4.96. The Morgan fingerprint density at radius 1 is 1.31 bits per heavy atom. The summed E-state index contributed by atoms with van der Waals surface area (Å²) in [5.74, 6) is 0.922. The lowest BCUT2D eigenvalue weighted by Crippen LogP contribution is -2.78. The van der Waals surface area contributed by atoms with Gasteiger partial charge in [-0.1, -0.05) is 30.3 Å². The second kappa shape index (κ2) is 7.73. The number of nitrogens with zero attached hydrogens (tertiary/aromatic N) is 2. The van der Waals surface area contributed by atoms with E-state index in [4.69, 9.17) is 9.57 Å². The van der Waals surface area contributed by atoms with Crippen LogP contribution in [0.3, 0.4) is 0 Å². The van der Waals surface area contributed by atoms with Crippen molar-refractivity contribution in [1.82, 2.24) is 9.96 Å². The third-order valence-electron chi connectivity index (χ3n) is 8.81. The number of rotatable bonds is 5. The van der Waals surface area contributed by atoms with Gasteiger partial charge in [0.1, 0.15) is 12.1 Å². The number of hydrogen-bond acceptors (Lipinski definition) is 6. The fraction of sp³-hybridized carbons (Fsp3) is 0.464. The highest BCUT2D eigenvalue weighted by molar-refractivity contribution is 5.73. The van der Waals surface area contributed by atoms with Crippen molar-refractivity contribution in [2.75, 3.05) is 13.1 Å². The van der Waals surface area contributed by atoms with Crippen molar-refractivity contribution in [1.29, 1.82) is 0 Å². The third-order valence-corrected chi connectivity index (χ3v) is 8.81. The number of benzene rings is 2. The first-order chi connectivity index (χ1) is 16.8. The highest BCUT2D eigenvalue weighted by Gasteiger charge is 2.73. The van der Waals surface area contributed by atoms with Crippen LogP contribution in [0, 0.1) is 6.92 Å². The van der Waals surface area contributed by atoms with Crippen LogP contribution in [-0.2, 0) is 16.6 Å². The van der Waals surface area contributed by atoms with E-state index in [1.165, 1.54) is 12.0 Å². The molecule has 2 aliphatic carbocycles. The van der Waals surface area contributed by atoms with E-state index in [0.29, 0.717) is 43.7 Å². The lowest BCUT2D eigenvalue weighted by molar-refractivity contribution is -0.224. The van der Waals surface area contributed by atoms with E-state index < -0.39 is 23.2 Å². The molecule has 0 unspecified atom stereocenters. The summed E-state index contributed by atoms with van der Waals surface area (Å²) >= 11 is 0. The van der Waals surface area contributed by atoms with Gasteiger partial charge in [-0.25, -0.2) is 0 Å². The molecule has 184 valence electrons. The molecule has 6 rings (SSSR count). The average molecular weight is 477 g/mol. The summed E-state index contributed by atoms with van der Waals surface area (Å²) in [7, 11) is 0. The first-order valence-corrected chi connectivity index (χ1v) is 12.4. The number of phenols is 1. The Bertz CT molecular complexity index is 1210. The van der Waals surface area contributed by atoms with E-state index >= 15 is 0 Å². The molecular formula is C28H32N2O5. The van der Waals surface area contributed by atoms with Crippen molar-refractivity contribution in [3.8, 4) is 17.2 Å². The number of amides is 1. The highest BCUT2D eigenvalue weighted by atomic mass is 16.7. The van der Waals surface area contributed by atoms with E-state index in [-0.39, 0.29) is 17.7 Å². The number of aliphatic hydroxyl groups is 1. The molecule has 5 atom stereocenters. The third kappa shape index (κ3) is 2.88. The zero-order chi connectivity index (χ0) is 24.5. The molecular weight excluding hydrogens is 444 g/mol. The van der Waals surface area contributed by atoms with E-state index in [2.05, 4.69) is 11.5 Å². The van der Waals surface area contributed by atoms with Gasteiger partial charge in [0.15, 0.2) is 17.2 Å². The molecule has 2 N–H and O–H groups in total. The van der Waals surface area contributed by atoms with Crippen LogP contribution < -0.4 is 9.57 Å². The van der Waals surface area contributed by atoms with Crippen molar-refractivity contribution < 1.29 is 24.6 Å². The summed E-state index contributed by atoms with van der Waals surface area (Å²) in [6.07, 6.45) is 3.73. The van der Waals surface area contributed by atoms with Gasteiger partial charge in [0.2, 0.25) is 0 Å². The number of ether oxygens (including phenoxy) is 1. The molecule has 2 heterocycles. The van der Waals surface area contributed by atoms with Crippen LogP contribution in [0.25, 0.3) is 0 Å². The largest absolute Gasteiger partial charge is 0.504 e. The van der Waals surface area contributed by atoms with Crippen molar-refractivity contribution in [3.63, 3.8) is 0 Å². The molecule has 2 bridgehead atoms. The topological polar surface area (TPSA) is 82.5 Å². The normalized spacial score (nSPS) is 32.4. The second-order valence-corrected chi connectivity index (χ2v) is 10.4. The van der Waals surface area contributed by atoms with Gasteiger partial charge in [0, 0.05) is 25.1 Å². The number of hydroxylamine groups is 2. The van der Waals surface area contributed by atoms with Gasteiger partial charge < -0.3 is 19.8 Å². The summed E-state index contributed by atoms with van der Waals surface area (Å²) < 4.78 is 6.56. The van der Waals surface area contributed by atoms with Gasteiger partial charge in [-0.3, -0.25) is 9.69 Å². The molecule has 1 saturated heterocycles. The molecule has 0 radical (unpaired) electrons. The lowest BCUT2D eigenvalue weighted by Gasteiger charge is -2.64. The van der Waals surface area contributed by atoms with Gasteiger partial charge in [-0.15, -0.1) is 6.58 Å². The molecule has 7 heteroatoms. The van der Waals surface area contributed by atoms with E-state index in [1.807, 2.05) is 43.3 Å². The molecule has 0 aromatic heterocycles. The zero-order valence-corrected chi connectivity index (χ0v) is 20.2. The average Bonchev–Trinajstić information content (AvgIpc) is 3.18. The predicted octanol–water partition coefficient (Wildman–Crippen LogP) is 3.25. The van der Waals surface area contributed by atoms with Crippen molar-refractivity contribution in [2.24, 2.45) is 0 Å². The molecule has 1 spiro atoms. The number of hydrogen-bond donors (Lipinski definition) is 2. The minimum atomic E-state index is -1.05. The summed E-state index contributed by atoms with van der Waals surface area (Å²) in [5.41, 5.74) is 1.16. The lowest BCUT2D eigenvalue weighted by atomic mass is 9.48. The van der Waals surface area contributed by atoms with Crippen LogP contribution in [0.15, 0.2) is 49.1 Å². The molecule has 2 aromatic rings. The van der Waals surface area contributed by atoms with E-state index in [9.17, 15) is 15.0 Å². The Morgan fingerprint density at radius 3 is 2.86 bits per heavy atom. The van der Waals surface area contributed by atoms with Crippen LogP contribution in [0.1, 0.15) is 42.9 Å². The molecule has 7 nitrogen and oxygen atoms in total. The van der Waals surface area contributed by atoms with Crippen LogP contribution in [0.2, 0.25) is 0 Å². The summed E-state index contributed by atoms with van der Waals surface area (Å²) in [6.45, 7) is 8.85. The first-order valence-electron chi connectivity index (χ1n) is 12.4. The monoisotopic (exact) mass is 476 g/mol. The maximum Gasteiger partial charge on any atom is 0.252 e. The number of carbonyl (C=O) groups excluding carboxylic acids is 1. The quantitative estimate of drug-likeness (QED) is 0.509. The Morgan fingerprint density at radius 2 is 2.11 bits per heavy atom. The smallest absolute Gasteiger partial charge is 0.252 e. The number of aromatic hydroxyl groups is 1. The SMILES string of the molecule is C=CCN1CC[C@]23c4c5ccc(O)c4O[C@H]2[C@@H](N(Oc2ccccc2C)C(C)=O)CC[C@@]3(O)[C@H]1C5. The Labute approximate surface area is 205 Å². The van der Waals surface area contributed by atoms with E-state index in [0.717, 1.165) is 23.2 Å². The minimum Gasteiger partial charge on any atom is -0.504 e. The van der Waals surface area contributed by atoms with E-state index in [1.54, 1.807) is 6.07 Å². The van der Waals surface area contributed by atoms with Gasteiger partial charge in [0.25, 0.3) is 5.91 Å². The van der Waals surface area contributed by atoms with Crippen LogP contribution in [0.4, 0.5) is 0 Å². The zero-order valence-electron chi connectivity index (χ0n) is 20.2. The number of para-hydroxylation sites is 1. The van der Waals surface area contributed by atoms with Crippen molar-refractivity contribution in [2.45, 2.75) is 68.7 Å². The minimum absolute atomic E-state index is 0.0785. The molecule has 2 aliphatic heterocycles. The maximum atomic E-state index is 13.0. The van der Waals surface area contributed by atoms with Crippen LogP contribution in [-0.4, -0.2) is 63.0 Å². The molecule has 35 heavy (non-hydrogen) atoms. The van der Waals surface area contributed by atoms with Crippen molar-refractivity contribution in [3.05, 3.63) is 65.7 Å². The molecule has 1 saturated carbocycles. The Balaban J connectivity index is 1.48. The van der Waals surface area contributed by atoms with Gasteiger partial charge in [0.05, 0.1) is 11.0 Å². The Hall–Kier alpha value is -3.03. The standard InChI is InChI=1S/C28H32N2O5/c1-4-14-29-15-13-27-24-19-9-10-21(32)25(24)34-26(27)20(11-12-28(27,33)23(29)16-19)30(18(3)31)35-22-8-6-5-7-17(22)2/h4-10,20,23,26,32-33H,1,11-16H2,2-3H3/t20-,23+,26-,27-,28+/m0/s1. The fourth-order valence-electron chi connectivity index (χ4n) is 7.36. The number of piperidine rings is 1. The second-order valence-electron chi connectivity index (χ2n) is 10.4. The molecule has 1 amide bonds. The summed E-state index contributed by atoms with van der Waals surface area (Å²) in [4.78, 5) is 21.5. The number of phenolic OH excluding ortho intramolecular Hbond substituents is 1. The predicted molar refractivity (Wildman–Crippen MR) is 130 cm³/mol. The van der Waals surface area contributed by atoms with Gasteiger partial charge in [-0.2, -0.15) is 5.06 Å². The first kappa shape index (κ1) is 22.4. The summed E-state index contributed by atoms with van der Waals surface area (Å²) in [5, 5.41) is 24.7. The highest BCUT2D eigenvalue weighted by Crippen LogP contribution is 2.65. The number of likely N-dealkylation sites (tertiary alicyclic amines) is 1. The number of carbonyl (C=O) groups is 1. The molecule has 2 aromatic carbocycles. The van der Waals surface area contributed by atoms with Crippen LogP contribution >= 0.6 is 0 Å². The molecule has 4 aliphatic rings.